The van der Waals surface area contributed by atoms with Crippen LogP contribution in [-0.2, 0) is 9.59 Å². The Hall–Kier alpha value is -3.17. The number of nitro groups is 1. The van der Waals surface area contributed by atoms with E-state index >= 15 is 0 Å². The smallest absolute Gasteiger partial charge is 0.282 e. The van der Waals surface area contributed by atoms with E-state index in [4.69, 9.17) is 16.3 Å². The third kappa shape index (κ3) is 6.16. The van der Waals surface area contributed by atoms with Crippen molar-refractivity contribution in [2.75, 3.05) is 31.3 Å². The highest BCUT2D eigenvalue weighted by atomic mass is 35.5. The number of non-ortho nitro benzene ring substituents is 1. The molecule has 0 radical (unpaired) electrons. The number of benzene rings is 2. The van der Waals surface area contributed by atoms with E-state index in [2.05, 4.69) is 10.6 Å². The number of hydrogen-bond acceptors (Lipinski definition) is 5. The van der Waals surface area contributed by atoms with Crippen LogP contribution in [0.5, 0.6) is 5.75 Å². The largest absolute Gasteiger partial charge is 0.497 e. The van der Waals surface area contributed by atoms with Crippen LogP contribution < -0.4 is 20.3 Å². The van der Waals surface area contributed by atoms with Crippen LogP contribution in [0.25, 0.3) is 0 Å². The molecule has 2 amide bonds. The van der Waals surface area contributed by atoms with Gasteiger partial charge in [-0.25, -0.2) is 0 Å². The van der Waals surface area contributed by atoms with Gasteiger partial charge in [-0.15, -0.1) is 0 Å². The molecule has 2 aromatic rings. The average molecular weight is 422 g/mol. The van der Waals surface area contributed by atoms with Gasteiger partial charge in [0.25, 0.3) is 17.5 Å². The molecule has 0 fully saturated rings. The fourth-order valence-electron chi connectivity index (χ4n) is 2.47. The minimum atomic E-state index is -0.605. The van der Waals surface area contributed by atoms with Gasteiger partial charge in [-0.3, -0.25) is 19.7 Å². The number of methoxy groups -OCH3 is 1. The summed E-state index contributed by atoms with van der Waals surface area (Å²) >= 11 is 6.01. The van der Waals surface area contributed by atoms with Crippen LogP contribution in [0.15, 0.2) is 42.5 Å². The lowest BCUT2D eigenvalue weighted by molar-refractivity contribution is -0.885. The molecule has 0 heterocycles. The van der Waals surface area contributed by atoms with Crippen molar-refractivity contribution in [1.82, 2.24) is 0 Å². The predicted octanol–water partition coefficient (Wildman–Crippen LogP) is 1.74. The van der Waals surface area contributed by atoms with Gasteiger partial charge in [0.2, 0.25) is 0 Å². The molecule has 2 aromatic carbocycles. The number of rotatable bonds is 8. The van der Waals surface area contributed by atoms with Crippen LogP contribution >= 0.6 is 11.6 Å². The van der Waals surface area contributed by atoms with Crippen molar-refractivity contribution < 1.29 is 24.1 Å². The zero-order chi connectivity index (χ0) is 21.6. The van der Waals surface area contributed by atoms with Crippen molar-refractivity contribution in [3.63, 3.8) is 0 Å². The van der Waals surface area contributed by atoms with Gasteiger partial charge in [0.05, 0.1) is 29.8 Å². The lowest BCUT2D eigenvalue weighted by Gasteiger charge is -2.21. The summed E-state index contributed by atoms with van der Waals surface area (Å²) in [6, 6.07) is 10.1. The first-order chi connectivity index (χ1) is 13.7. The topological polar surface area (TPSA) is 115 Å². The molecule has 1 unspecified atom stereocenters. The monoisotopic (exact) mass is 421 g/mol. The van der Waals surface area contributed by atoms with Gasteiger partial charge in [0.15, 0.2) is 12.6 Å². The van der Waals surface area contributed by atoms with Gasteiger partial charge < -0.3 is 20.3 Å². The molecule has 2 atom stereocenters. The number of nitro benzene ring substituents is 1. The first-order valence-corrected chi connectivity index (χ1v) is 9.10. The second kappa shape index (κ2) is 9.85. The minimum absolute atomic E-state index is 0.0449. The fraction of sp³-hybridized carbons (Fsp3) is 0.263. The molecular formula is C19H22ClN4O5+. The molecule has 0 aliphatic rings. The molecule has 0 saturated carbocycles. The van der Waals surface area contributed by atoms with E-state index in [0.29, 0.717) is 16.3 Å². The van der Waals surface area contributed by atoms with Crippen molar-refractivity contribution in [1.29, 1.82) is 0 Å². The number of carbonyl (C=O) groups is 2. The summed E-state index contributed by atoms with van der Waals surface area (Å²) in [4.78, 5) is 35.7. The maximum absolute atomic E-state index is 12.5. The Morgan fingerprint density at radius 3 is 2.45 bits per heavy atom. The quantitative estimate of drug-likeness (QED) is 0.443. The number of ether oxygens (including phenoxy) is 1. The van der Waals surface area contributed by atoms with E-state index in [1.807, 2.05) is 0 Å². The zero-order valence-corrected chi connectivity index (χ0v) is 16.9. The van der Waals surface area contributed by atoms with E-state index in [0.717, 1.165) is 0 Å². The minimum Gasteiger partial charge on any atom is -0.497 e. The Bertz CT molecular complexity index is 904. The number of halogens is 1. The highest BCUT2D eigenvalue weighted by molar-refractivity contribution is 6.33. The van der Waals surface area contributed by atoms with E-state index in [-0.39, 0.29) is 28.8 Å². The van der Waals surface area contributed by atoms with Crippen LogP contribution in [0, 0.1) is 10.1 Å². The Labute approximate surface area is 172 Å². The SMILES string of the molecule is COc1ccc(NC(=O)C[NH+](C)[C@H](C)C(=O)Nc2cc([N+](=O)[O-])ccc2Cl)cc1. The molecule has 10 heteroatoms. The predicted molar refractivity (Wildman–Crippen MR) is 110 cm³/mol. The van der Waals surface area contributed by atoms with Gasteiger partial charge in [0.1, 0.15) is 5.75 Å². The van der Waals surface area contributed by atoms with E-state index in [1.165, 1.54) is 18.2 Å². The number of likely N-dealkylation sites (N-methyl/N-ethyl adjacent to an activating group) is 1. The van der Waals surface area contributed by atoms with E-state index in [1.54, 1.807) is 45.3 Å². The summed E-state index contributed by atoms with van der Waals surface area (Å²) < 4.78 is 5.07. The van der Waals surface area contributed by atoms with Gasteiger partial charge in [-0.1, -0.05) is 11.6 Å². The first kappa shape index (κ1) is 22.1. The van der Waals surface area contributed by atoms with Gasteiger partial charge in [-0.05, 0) is 37.3 Å². The summed E-state index contributed by atoms with van der Waals surface area (Å²) in [5.41, 5.74) is 0.578. The summed E-state index contributed by atoms with van der Waals surface area (Å²) in [6.07, 6.45) is 0. The Morgan fingerprint density at radius 1 is 1.21 bits per heavy atom. The van der Waals surface area contributed by atoms with Crippen LogP contribution in [0.2, 0.25) is 5.02 Å². The fourth-order valence-corrected chi connectivity index (χ4v) is 2.64. The molecular weight excluding hydrogens is 400 g/mol. The summed E-state index contributed by atoms with van der Waals surface area (Å²) in [5.74, 6) is -0.00121. The maximum atomic E-state index is 12.5. The van der Waals surface area contributed by atoms with Crippen molar-refractivity contribution in [2.45, 2.75) is 13.0 Å². The summed E-state index contributed by atoms with van der Waals surface area (Å²) in [7, 11) is 3.26. The Kier molecular flexibility index (Phi) is 7.52. The zero-order valence-electron chi connectivity index (χ0n) is 16.2. The second-order valence-corrected chi connectivity index (χ2v) is 6.84. The molecule has 0 bridgehead atoms. The summed E-state index contributed by atoms with van der Waals surface area (Å²) in [5, 5.41) is 16.4. The van der Waals surface area contributed by atoms with Gasteiger partial charge in [0, 0.05) is 17.8 Å². The second-order valence-electron chi connectivity index (χ2n) is 6.43. The third-order valence-corrected chi connectivity index (χ3v) is 4.69. The Morgan fingerprint density at radius 2 is 1.86 bits per heavy atom. The molecule has 154 valence electrons. The normalized spacial score (nSPS) is 12.6. The van der Waals surface area contributed by atoms with Crippen LogP contribution in [-0.4, -0.2) is 43.5 Å². The lowest BCUT2D eigenvalue weighted by atomic mass is 10.2. The highest BCUT2D eigenvalue weighted by Gasteiger charge is 2.25. The van der Waals surface area contributed by atoms with Crippen LogP contribution in [0.4, 0.5) is 17.1 Å². The van der Waals surface area contributed by atoms with Gasteiger partial charge in [-0.2, -0.15) is 0 Å². The molecule has 0 aliphatic heterocycles. The first-order valence-electron chi connectivity index (χ1n) is 8.72. The molecule has 9 nitrogen and oxygen atoms in total. The highest BCUT2D eigenvalue weighted by Crippen LogP contribution is 2.26. The molecule has 29 heavy (non-hydrogen) atoms. The number of nitrogens with one attached hydrogen (secondary N) is 3. The molecule has 0 aromatic heterocycles. The average Bonchev–Trinajstić information content (AvgIpc) is 2.69. The molecule has 3 N–H and O–H groups in total. The number of hydrogen-bond donors (Lipinski definition) is 3. The number of carbonyl (C=O) groups excluding carboxylic acids is 2. The number of amides is 2. The Balaban J connectivity index is 1.95. The van der Waals surface area contributed by atoms with Crippen molar-refractivity contribution in [3.05, 3.63) is 57.6 Å². The van der Waals surface area contributed by atoms with Crippen LogP contribution in [0.1, 0.15) is 6.92 Å². The maximum Gasteiger partial charge on any atom is 0.282 e. The van der Waals surface area contributed by atoms with Crippen LogP contribution in [0.3, 0.4) is 0 Å². The lowest BCUT2D eigenvalue weighted by Crippen LogP contribution is -3.14. The number of nitrogens with zero attached hydrogens (tertiary/aromatic N) is 1. The van der Waals surface area contributed by atoms with E-state index < -0.39 is 16.9 Å². The number of quaternary nitrogens is 1. The molecule has 0 saturated heterocycles. The third-order valence-electron chi connectivity index (χ3n) is 4.36. The van der Waals surface area contributed by atoms with E-state index in [9.17, 15) is 19.7 Å². The molecule has 0 spiro atoms. The van der Waals surface area contributed by atoms with Crippen molar-refractivity contribution in [3.8, 4) is 5.75 Å². The van der Waals surface area contributed by atoms with Crippen molar-refractivity contribution >= 4 is 40.5 Å². The van der Waals surface area contributed by atoms with Crippen molar-refractivity contribution in [2.24, 2.45) is 0 Å². The standard InChI is InChI=1S/C19H21ClN4O5/c1-12(19(26)22-17-10-14(24(27)28)6-9-16(17)20)23(2)11-18(25)21-13-4-7-15(29-3)8-5-13/h4-10,12H,11H2,1-3H3,(H,21,25)(H,22,26)/p+1/t12-/m1/s1. The molecule has 2 rings (SSSR count). The van der Waals surface area contributed by atoms with Gasteiger partial charge >= 0.3 is 0 Å². The summed E-state index contributed by atoms with van der Waals surface area (Å²) in [6.45, 7) is 1.69. The number of anilines is 2. The molecule has 0 aliphatic carbocycles.